The predicted molar refractivity (Wildman–Crippen MR) is 77.7 cm³/mol. The first-order chi connectivity index (χ1) is 9.56. The minimum Gasteiger partial charge on any atom is -0.481 e. The van der Waals surface area contributed by atoms with E-state index in [2.05, 4.69) is 9.80 Å². The van der Waals surface area contributed by atoms with Gasteiger partial charge in [0.05, 0.1) is 13.0 Å². The molecule has 6 nitrogen and oxygen atoms in total. The third-order valence-corrected chi connectivity index (χ3v) is 3.80. The van der Waals surface area contributed by atoms with Gasteiger partial charge in [-0.15, -0.1) is 0 Å². The van der Waals surface area contributed by atoms with Gasteiger partial charge in [-0.1, -0.05) is 0 Å². The fourth-order valence-electron chi connectivity index (χ4n) is 2.53. The summed E-state index contributed by atoms with van der Waals surface area (Å²) in [5.74, 6) is -0.559. The van der Waals surface area contributed by atoms with Gasteiger partial charge in [-0.3, -0.25) is 14.5 Å². The van der Waals surface area contributed by atoms with Gasteiger partial charge in [-0.05, 0) is 33.4 Å². The molecule has 0 aromatic carbocycles. The molecule has 1 N–H and O–H groups in total. The van der Waals surface area contributed by atoms with E-state index in [9.17, 15) is 9.59 Å². The van der Waals surface area contributed by atoms with Crippen LogP contribution in [-0.2, 0) is 9.59 Å². The number of carbonyl (C=O) groups is 2. The van der Waals surface area contributed by atoms with E-state index >= 15 is 0 Å². The van der Waals surface area contributed by atoms with Crippen LogP contribution < -0.4 is 0 Å². The van der Waals surface area contributed by atoms with Gasteiger partial charge in [0.2, 0.25) is 5.91 Å². The molecule has 0 aromatic heterocycles. The van der Waals surface area contributed by atoms with Crippen molar-refractivity contribution in [2.24, 2.45) is 0 Å². The summed E-state index contributed by atoms with van der Waals surface area (Å²) in [5, 5.41) is 8.71. The Kier molecular flexibility index (Phi) is 7.54. The van der Waals surface area contributed by atoms with Crippen LogP contribution in [0.15, 0.2) is 0 Å². The first-order valence-corrected chi connectivity index (χ1v) is 7.51. The zero-order valence-electron chi connectivity index (χ0n) is 12.7. The Bertz CT molecular complexity index is 319. The molecule has 0 spiro atoms. The lowest BCUT2D eigenvalue weighted by atomic mass is 10.3. The molecule has 1 saturated heterocycles. The van der Waals surface area contributed by atoms with Crippen LogP contribution in [0, 0.1) is 0 Å². The lowest BCUT2D eigenvalue weighted by Crippen LogP contribution is -2.41. The van der Waals surface area contributed by atoms with Crippen LogP contribution in [-0.4, -0.2) is 84.0 Å². The summed E-state index contributed by atoms with van der Waals surface area (Å²) < 4.78 is 0. The number of nitrogens with zero attached hydrogens (tertiary/aromatic N) is 3. The summed E-state index contributed by atoms with van der Waals surface area (Å²) >= 11 is 0. The van der Waals surface area contributed by atoms with Gasteiger partial charge >= 0.3 is 5.97 Å². The monoisotopic (exact) mass is 285 g/mol. The molecule has 0 aromatic rings. The third kappa shape index (κ3) is 5.88. The van der Waals surface area contributed by atoms with E-state index in [0.29, 0.717) is 13.1 Å². The molecule has 0 atom stereocenters. The smallest absolute Gasteiger partial charge is 0.304 e. The Balaban J connectivity index is 2.36. The van der Waals surface area contributed by atoms with Crippen molar-refractivity contribution in [2.75, 3.05) is 52.4 Å². The number of likely N-dealkylation sites (N-methyl/N-ethyl adjacent to an activating group) is 1. The second-order valence-electron chi connectivity index (χ2n) is 5.18. The van der Waals surface area contributed by atoms with Gasteiger partial charge in [0, 0.05) is 32.7 Å². The van der Waals surface area contributed by atoms with Crippen LogP contribution in [0.2, 0.25) is 0 Å². The summed E-state index contributed by atoms with van der Waals surface area (Å²) in [5.41, 5.74) is 0. The molecule has 0 aliphatic carbocycles. The second kappa shape index (κ2) is 8.92. The Hall–Kier alpha value is -1.14. The highest BCUT2D eigenvalue weighted by Crippen LogP contribution is 2.04. The zero-order valence-corrected chi connectivity index (χ0v) is 12.7. The average molecular weight is 285 g/mol. The van der Waals surface area contributed by atoms with Crippen molar-refractivity contribution in [3.63, 3.8) is 0 Å². The molecule has 116 valence electrons. The average Bonchev–Trinajstić information content (AvgIpc) is 2.63. The minimum atomic E-state index is -0.747. The summed E-state index contributed by atoms with van der Waals surface area (Å²) in [6, 6.07) is 0. The Morgan fingerprint density at radius 3 is 2.25 bits per heavy atom. The lowest BCUT2D eigenvalue weighted by molar-refractivity contribution is -0.137. The van der Waals surface area contributed by atoms with Crippen LogP contribution in [0.4, 0.5) is 0 Å². The van der Waals surface area contributed by atoms with E-state index in [1.54, 1.807) is 0 Å². The number of carboxylic acids is 1. The van der Waals surface area contributed by atoms with E-state index in [1.807, 2.05) is 18.7 Å². The van der Waals surface area contributed by atoms with Crippen molar-refractivity contribution in [2.45, 2.75) is 26.7 Å². The number of hydrogen-bond donors (Lipinski definition) is 1. The quantitative estimate of drug-likeness (QED) is 0.730. The van der Waals surface area contributed by atoms with Crippen LogP contribution in [0.25, 0.3) is 0 Å². The van der Waals surface area contributed by atoms with E-state index in [4.69, 9.17) is 5.11 Å². The van der Waals surface area contributed by atoms with Crippen LogP contribution >= 0.6 is 0 Å². The molecule has 0 unspecified atom stereocenters. The number of aliphatic carboxylic acids is 1. The molecule has 0 bridgehead atoms. The standard InChI is InChI=1S/C14H27N3O3/c1-3-17(4-2)13(18)12-16-8-5-7-15(10-11-16)9-6-14(19)20/h3-12H2,1-2H3,(H,19,20). The Morgan fingerprint density at radius 1 is 1.05 bits per heavy atom. The topological polar surface area (TPSA) is 64.1 Å². The highest BCUT2D eigenvalue weighted by atomic mass is 16.4. The molecule has 1 amide bonds. The van der Waals surface area contributed by atoms with Crippen molar-refractivity contribution < 1.29 is 14.7 Å². The zero-order chi connectivity index (χ0) is 15.0. The molecule has 1 rings (SSSR count). The summed E-state index contributed by atoms with van der Waals surface area (Å²) in [6.45, 7) is 10.1. The van der Waals surface area contributed by atoms with Crippen molar-refractivity contribution in [1.82, 2.24) is 14.7 Å². The molecule has 0 radical (unpaired) electrons. The third-order valence-electron chi connectivity index (χ3n) is 3.80. The predicted octanol–water partition coefficient (Wildman–Crippen LogP) is 0.337. The van der Waals surface area contributed by atoms with Crippen molar-refractivity contribution in [1.29, 1.82) is 0 Å². The van der Waals surface area contributed by atoms with Gasteiger partial charge in [-0.2, -0.15) is 0 Å². The summed E-state index contributed by atoms with van der Waals surface area (Å²) in [7, 11) is 0. The molecule has 1 aliphatic rings. The SMILES string of the molecule is CCN(CC)C(=O)CN1CCCN(CCC(=O)O)CC1. The van der Waals surface area contributed by atoms with E-state index in [1.165, 1.54) is 0 Å². The van der Waals surface area contributed by atoms with Crippen molar-refractivity contribution in [3.8, 4) is 0 Å². The van der Waals surface area contributed by atoms with Crippen LogP contribution in [0.3, 0.4) is 0 Å². The highest BCUT2D eigenvalue weighted by molar-refractivity contribution is 5.78. The molecular formula is C14H27N3O3. The molecule has 1 heterocycles. The molecular weight excluding hydrogens is 258 g/mol. The maximum atomic E-state index is 12.1. The minimum absolute atomic E-state index is 0.189. The van der Waals surface area contributed by atoms with E-state index in [0.717, 1.165) is 45.7 Å². The van der Waals surface area contributed by atoms with Gasteiger partial charge < -0.3 is 14.9 Å². The van der Waals surface area contributed by atoms with Crippen LogP contribution in [0.5, 0.6) is 0 Å². The molecule has 1 fully saturated rings. The summed E-state index contributed by atoms with van der Waals surface area (Å²) in [6.07, 6.45) is 1.18. The first-order valence-electron chi connectivity index (χ1n) is 7.51. The summed E-state index contributed by atoms with van der Waals surface area (Å²) in [4.78, 5) is 28.9. The van der Waals surface area contributed by atoms with Gasteiger partial charge in [0.25, 0.3) is 0 Å². The van der Waals surface area contributed by atoms with Crippen LogP contribution in [0.1, 0.15) is 26.7 Å². The maximum Gasteiger partial charge on any atom is 0.304 e. The fraction of sp³-hybridized carbons (Fsp3) is 0.857. The van der Waals surface area contributed by atoms with E-state index < -0.39 is 5.97 Å². The van der Waals surface area contributed by atoms with Crippen molar-refractivity contribution >= 4 is 11.9 Å². The first kappa shape index (κ1) is 16.9. The molecule has 20 heavy (non-hydrogen) atoms. The largest absolute Gasteiger partial charge is 0.481 e. The number of rotatable bonds is 7. The maximum absolute atomic E-state index is 12.1. The number of carboxylic acid groups (broad SMARTS) is 1. The van der Waals surface area contributed by atoms with Gasteiger partial charge in [-0.25, -0.2) is 0 Å². The Labute approximate surface area is 121 Å². The molecule has 1 aliphatic heterocycles. The van der Waals surface area contributed by atoms with E-state index in [-0.39, 0.29) is 12.3 Å². The fourth-order valence-corrected chi connectivity index (χ4v) is 2.53. The Morgan fingerprint density at radius 2 is 1.65 bits per heavy atom. The highest BCUT2D eigenvalue weighted by Gasteiger charge is 2.19. The molecule has 0 saturated carbocycles. The number of carbonyl (C=O) groups excluding carboxylic acids is 1. The second-order valence-corrected chi connectivity index (χ2v) is 5.18. The molecule has 6 heteroatoms. The van der Waals surface area contributed by atoms with Gasteiger partial charge in [0.1, 0.15) is 0 Å². The normalized spacial score (nSPS) is 17.7. The number of amides is 1. The lowest BCUT2D eigenvalue weighted by Gasteiger charge is -2.25. The van der Waals surface area contributed by atoms with Gasteiger partial charge in [0.15, 0.2) is 0 Å². The van der Waals surface area contributed by atoms with Crippen molar-refractivity contribution in [3.05, 3.63) is 0 Å². The number of hydrogen-bond acceptors (Lipinski definition) is 4.